The first-order valence-corrected chi connectivity index (χ1v) is 8.67. The van der Waals surface area contributed by atoms with E-state index >= 15 is 0 Å². The lowest BCUT2D eigenvalue weighted by molar-refractivity contribution is 0.275. The molecule has 1 aliphatic rings. The van der Waals surface area contributed by atoms with E-state index < -0.39 is 0 Å². The van der Waals surface area contributed by atoms with Crippen LogP contribution in [0.2, 0.25) is 0 Å². The molecule has 5 rings (SSSR count). The summed E-state index contributed by atoms with van der Waals surface area (Å²) in [7, 11) is 0. The molecule has 0 bridgehead atoms. The Bertz CT molecular complexity index is 1010. The van der Waals surface area contributed by atoms with Crippen LogP contribution in [0, 0.1) is 0 Å². The molecule has 0 atom stereocenters. The number of hydrogen-bond donors (Lipinski definition) is 1. The van der Waals surface area contributed by atoms with E-state index in [0.29, 0.717) is 0 Å². The van der Waals surface area contributed by atoms with Crippen LogP contribution in [0.3, 0.4) is 0 Å². The molecule has 1 N–H and O–H groups in total. The summed E-state index contributed by atoms with van der Waals surface area (Å²) in [5.74, 6) is 0. The second kappa shape index (κ2) is 5.87. The van der Waals surface area contributed by atoms with E-state index in [9.17, 15) is 0 Å². The van der Waals surface area contributed by atoms with Gasteiger partial charge in [-0.3, -0.25) is 4.90 Å². The lowest BCUT2D eigenvalue weighted by Gasteiger charge is -2.15. The molecule has 3 heteroatoms. The van der Waals surface area contributed by atoms with Gasteiger partial charge in [0.25, 0.3) is 0 Å². The molecule has 0 radical (unpaired) electrons. The van der Waals surface area contributed by atoms with E-state index in [1.54, 1.807) is 0 Å². The molecule has 122 valence electrons. The number of benzene rings is 2. The van der Waals surface area contributed by atoms with Gasteiger partial charge >= 0.3 is 0 Å². The maximum absolute atomic E-state index is 4.37. The highest BCUT2D eigenvalue weighted by atomic mass is 15.1. The van der Waals surface area contributed by atoms with Crippen molar-refractivity contribution in [3.63, 3.8) is 0 Å². The van der Waals surface area contributed by atoms with E-state index in [-0.39, 0.29) is 0 Å². The minimum atomic E-state index is 0.941. The zero-order valence-corrected chi connectivity index (χ0v) is 13.9. The van der Waals surface area contributed by atoms with Gasteiger partial charge in [0, 0.05) is 37.4 Å². The van der Waals surface area contributed by atoms with Gasteiger partial charge in [0.05, 0.1) is 0 Å². The largest absolute Gasteiger partial charge is 0.346 e. The Kier molecular flexibility index (Phi) is 3.39. The quantitative estimate of drug-likeness (QED) is 0.590. The molecular weight excluding hydrogens is 306 g/mol. The number of H-pyrrole nitrogens is 1. The zero-order chi connectivity index (χ0) is 16.6. The average Bonchev–Trinajstić information content (AvgIpc) is 3.28. The van der Waals surface area contributed by atoms with Crippen LogP contribution in [-0.2, 0) is 19.6 Å². The Labute approximate surface area is 147 Å². The summed E-state index contributed by atoms with van der Waals surface area (Å²) in [5.41, 5.74) is 7.69. The van der Waals surface area contributed by atoms with E-state index in [1.165, 1.54) is 33.2 Å². The Balaban J connectivity index is 1.37. The van der Waals surface area contributed by atoms with Gasteiger partial charge < -0.3 is 4.98 Å². The Morgan fingerprint density at radius 1 is 0.880 bits per heavy atom. The Morgan fingerprint density at radius 3 is 2.40 bits per heavy atom. The smallest absolute Gasteiger partial charge is 0.137 e. The summed E-state index contributed by atoms with van der Waals surface area (Å²) >= 11 is 0. The first-order chi connectivity index (χ1) is 12.4. The first-order valence-electron chi connectivity index (χ1n) is 8.67. The topological polar surface area (TPSA) is 31.9 Å². The number of fused-ring (bicyclic) bond motifs is 2. The van der Waals surface area contributed by atoms with Gasteiger partial charge in [-0.2, -0.15) is 0 Å². The number of pyridine rings is 1. The van der Waals surface area contributed by atoms with Crippen LogP contribution in [0.4, 0.5) is 0 Å². The van der Waals surface area contributed by atoms with Crippen molar-refractivity contribution in [2.45, 2.75) is 19.6 Å². The lowest BCUT2D eigenvalue weighted by atomic mass is 10.0. The third kappa shape index (κ3) is 2.63. The molecule has 1 aliphatic heterocycles. The summed E-state index contributed by atoms with van der Waals surface area (Å²) in [6.07, 6.45) is 3.81. The van der Waals surface area contributed by atoms with Crippen molar-refractivity contribution in [2.24, 2.45) is 0 Å². The van der Waals surface area contributed by atoms with Gasteiger partial charge in [-0.15, -0.1) is 0 Å². The van der Waals surface area contributed by atoms with Crippen molar-refractivity contribution in [2.75, 3.05) is 0 Å². The highest BCUT2D eigenvalue weighted by Crippen LogP contribution is 2.28. The number of nitrogens with one attached hydrogen (secondary N) is 1. The fourth-order valence-electron chi connectivity index (χ4n) is 3.78. The molecule has 0 aliphatic carbocycles. The molecule has 0 saturated heterocycles. The zero-order valence-electron chi connectivity index (χ0n) is 13.9. The van der Waals surface area contributed by atoms with Crippen molar-refractivity contribution in [3.05, 3.63) is 89.7 Å². The minimum Gasteiger partial charge on any atom is -0.346 e. The summed E-state index contributed by atoms with van der Waals surface area (Å²) in [6.45, 7) is 3.09. The molecule has 0 amide bonds. The molecule has 0 spiro atoms. The second-order valence-electron chi connectivity index (χ2n) is 6.71. The highest BCUT2D eigenvalue weighted by molar-refractivity contribution is 5.92. The molecule has 0 saturated carbocycles. The van der Waals surface area contributed by atoms with E-state index in [2.05, 4.69) is 75.5 Å². The maximum Gasteiger partial charge on any atom is 0.137 e. The van der Waals surface area contributed by atoms with Gasteiger partial charge in [-0.05, 0) is 39.9 Å². The number of rotatable bonds is 3. The molecule has 4 aromatic rings. The van der Waals surface area contributed by atoms with E-state index in [1.807, 2.05) is 12.4 Å². The second-order valence-corrected chi connectivity index (χ2v) is 6.71. The molecular formula is C22H19N3. The molecule has 0 fully saturated rings. The monoisotopic (exact) mass is 325 g/mol. The van der Waals surface area contributed by atoms with Crippen LogP contribution in [0.25, 0.3) is 22.2 Å². The highest BCUT2D eigenvalue weighted by Gasteiger charge is 2.18. The summed E-state index contributed by atoms with van der Waals surface area (Å²) in [5, 5.41) is 1.17. The van der Waals surface area contributed by atoms with Gasteiger partial charge in [-0.25, -0.2) is 4.98 Å². The van der Waals surface area contributed by atoms with Crippen LogP contribution in [0.5, 0.6) is 0 Å². The standard InChI is InChI=1S/C22H19N3/c1-2-4-19-15-25(14-18(19)3-1)13-16-5-7-17(8-6-16)20-9-11-23-22-21(20)10-12-24-22/h1-12H,13-15H2,(H,23,24). The number of nitrogens with zero attached hydrogens (tertiary/aromatic N) is 2. The van der Waals surface area contributed by atoms with Gasteiger partial charge in [0.1, 0.15) is 5.65 Å². The fourth-order valence-corrected chi connectivity index (χ4v) is 3.78. The molecule has 3 nitrogen and oxygen atoms in total. The van der Waals surface area contributed by atoms with Crippen LogP contribution >= 0.6 is 0 Å². The average molecular weight is 325 g/mol. The van der Waals surface area contributed by atoms with Crippen LogP contribution < -0.4 is 0 Å². The van der Waals surface area contributed by atoms with Crippen LogP contribution in [-0.4, -0.2) is 14.9 Å². The predicted molar refractivity (Wildman–Crippen MR) is 101 cm³/mol. The molecule has 2 aromatic heterocycles. The van der Waals surface area contributed by atoms with Gasteiger partial charge in [0.15, 0.2) is 0 Å². The summed E-state index contributed by atoms with van der Waals surface area (Å²) in [6, 6.07) is 21.9. The van der Waals surface area contributed by atoms with Crippen molar-refractivity contribution in [1.29, 1.82) is 0 Å². The van der Waals surface area contributed by atoms with Gasteiger partial charge in [0.2, 0.25) is 0 Å². The first kappa shape index (κ1) is 14.4. The third-order valence-corrected chi connectivity index (χ3v) is 5.04. The number of aromatic amines is 1. The molecule has 3 heterocycles. The van der Waals surface area contributed by atoms with Crippen molar-refractivity contribution in [3.8, 4) is 11.1 Å². The Hall–Kier alpha value is -2.91. The third-order valence-electron chi connectivity index (χ3n) is 5.04. The van der Waals surface area contributed by atoms with E-state index in [0.717, 1.165) is 25.3 Å². The van der Waals surface area contributed by atoms with Crippen LogP contribution in [0.1, 0.15) is 16.7 Å². The normalized spacial score (nSPS) is 14.1. The Morgan fingerprint density at radius 2 is 1.64 bits per heavy atom. The number of hydrogen-bond acceptors (Lipinski definition) is 2. The molecule has 2 aromatic carbocycles. The summed E-state index contributed by atoms with van der Waals surface area (Å²) < 4.78 is 0. The molecule has 25 heavy (non-hydrogen) atoms. The van der Waals surface area contributed by atoms with Crippen LogP contribution in [0.15, 0.2) is 73.1 Å². The minimum absolute atomic E-state index is 0.941. The van der Waals surface area contributed by atoms with E-state index in [4.69, 9.17) is 0 Å². The van der Waals surface area contributed by atoms with Crippen molar-refractivity contribution in [1.82, 2.24) is 14.9 Å². The lowest BCUT2D eigenvalue weighted by Crippen LogP contribution is -2.15. The number of aromatic nitrogens is 2. The molecule has 0 unspecified atom stereocenters. The van der Waals surface area contributed by atoms with Crippen molar-refractivity contribution >= 4 is 11.0 Å². The maximum atomic E-state index is 4.37. The fraction of sp³-hybridized carbons (Fsp3) is 0.136. The summed E-state index contributed by atoms with van der Waals surface area (Å²) in [4.78, 5) is 10.0. The van der Waals surface area contributed by atoms with Gasteiger partial charge in [-0.1, -0.05) is 48.5 Å². The SMILES string of the molecule is c1ccc2c(c1)CN(Cc1ccc(-c3ccnc4[nH]ccc34)cc1)C2. The van der Waals surface area contributed by atoms with Crippen molar-refractivity contribution < 1.29 is 0 Å². The predicted octanol–water partition coefficient (Wildman–Crippen LogP) is 4.75.